The highest BCUT2D eigenvalue weighted by Gasteiger charge is 2.18. The Balaban J connectivity index is 1.37. The standard InChI is InChI=1S/C18H22ClN3O2/c19-15-3-1-4-16(13-15)22-10-8-21(9-11-22)7-6-18(23)20-14-17-5-2-12-24-17/h1-5,12-13H,6-11,14H2,(H,20,23). The van der Waals surface area contributed by atoms with E-state index in [2.05, 4.69) is 21.2 Å². The fourth-order valence-electron chi connectivity index (χ4n) is 2.85. The first kappa shape index (κ1) is 16.9. The van der Waals surface area contributed by atoms with E-state index in [0.717, 1.165) is 43.5 Å². The Morgan fingerprint density at radius 3 is 2.71 bits per heavy atom. The van der Waals surface area contributed by atoms with Crippen LogP contribution >= 0.6 is 11.6 Å². The van der Waals surface area contributed by atoms with Gasteiger partial charge in [-0.1, -0.05) is 17.7 Å². The van der Waals surface area contributed by atoms with Gasteiger partial charge in [-0.15, -0.1) is 0 Å². The maximum absolute atomic E-state index is 11.9. The van der Waals surface area contributed by atoms with Crippen LogP contribution in [0.15, 0.2) is 47.1 Å². The summed E-state index contributed by atoms with van der Waals surface area (Å²) >= 11 is 6.06. The van der Waals surface area contributed by atoms with Crippen LogP contribution in [0.3, 0.4) is 0 Å². The molecule has 0 aliphatic carbocycles. The van der Waals surface area contributed by atoms with E-state index in [4.69, 9.17) is 16.0 Å². The van der Waals surface area contributed by atoms with Gasteiger partial charge in [0, 0.05) is 49.9 Å². The van der Waals surface area contributed by atoms with Gasteiger partial charge in [-0.2, -0.15) is 0 Å². The Morgan fingerprint density at radius 2 is 2.00 bits per heavy atom. The molecule has 0 bridgehead atoms. The highest BCUT2D eigenvalue weighted by atomic mass is 35.5. The molecule has 2 heterocycles. The third-order valence-corrected chi connectivity index (χ3v) is 4.48. The Labute approximate surface area is 147 Å². The molecular formula is C18H22ClN3O2. The molecule has 0 radical (unpaired) electrons. The third-order valence-electron chi connectivity index (χ3n) is 4.24. The molecule has 0 unspecified atom stereocenters. The number of anilines is 1. The number of carbonyl (C=O) groups is 1. The minimum Gasteiger partial charge on any atom is -0.467 e. The van der Waals surface area contributed by atoms with Gasteiger partial charge in [0.15, 0.2) is 0 Å². The SMILES string of the molecule is O=C(CCN1CCN(c2cccc(Cl)c2)CC1)NCc1ccco1. The lowest BCUT2D eigenvalue weighted by Crippen LogP contribution is -2.47. The van der Waals surface area contributed by atoms with Crippen molar-refractivity contribution in [3.63, 3.8) is 0 Å². The van der Waals surface area contributed by atoms with Gasteiger partial charge >= 0.3 is 0 Å². The van der Waals surface area contributed by atoms with Gasteiger partial charge in [-0.3, -0.25) is 9.69 Å². The van der Waals surface area contributed by atoms with Crippen LogP contribution in [0.5, 0.6) is 0 Å². The van der Waals surface area contributed by atoms with E-state index >= 15 is 0 Å². The molecule has 0 atom stereocenters. The predicted octanol–water partition coefficient (Wildman–Crippen LogP) is 2.76. The topological polar surface area (TPSA) is 48.7 Å². The van der Waals surface area contributed by atoms with Crippen molar-refractivity contribution in [2.45, 2.75) is 13.0 Å². The summed E-state index contributed by atoms with van der Waals surface area (Å²) in [4.78, 5) is 16.6. The van der Waals surface area contributed by atoms with Gasteiger partial charge in [0.05, 0.1) is 12.8 Å². The molecule has 2 aromatic rings. The summed E-state index contributed by atoms with van der Waals surface area (Å²) < 4.78 is 5.20. The zero-order valence-corrected chi connectivity index (χ0v) is 14.3. The van der Waals surface area contributed by atoms with Gasteiger partial charge in [0.2, 0.25) is 5.91 Å². The third kappa shape index (κ3) is 4.76. The number of amides is 1. The summed E-state index contributed by atoms with van der Waals surface area (Å²) in [6.45, 7) is 5.06. The molecule has 128 valence electrons. The summed E-state index contributed by atoms with van der Waals surface area (Å²) in [7, 11) is 0. The number of piperazine rings is 1. The minimum absolute atomic E-state index is 0.0590. The number of benzene rings is 1. The van der Waals surface area contributed by atoms with Crippen LogP contribution in [0.25, 0.3) is 0 Å². The van der Waals surface area contributed by atoms with E-state index in [1.807, 2.05) is 30.3 Å². The maximum atomic E-state index is 11.9. The first-order chi connectivity index (χ1) is 11.7. The Bertz CT molecular complexity index is 652. The van der Waals surface area contributed by atoms with E-state index in [9.17, 15) is 4.79 Å². The molecule has 3 rings (SSSR count). The number of nitrogens with zero attached hydrogens (tertiary/aromatic N) is 2. The molecule has 1 saturated heterocycles. The van der Waals surface area contributed by atoms with Crippen molar-refractivity contribution in [3.8, 4) is 0 Å². The minimum atomic E-state index is 0.0590. The van der Waals surface area contributed by atoms with E-state index in [0.29, 0.717) is 13.0 Å². The number of hydrogen-bond acceptors (Lipinski definition) is 4. The van der Waals surface area contributed by atoms with Crippen molar-refractivity contribution in [2.24, 2.45) is 0 Å². The van der Waals surface area contributed by atoms with Crippen molar-refractivity contribution < 1.29 is 9.21 Å². The number of halogens is 1. The molecule has 1 aromatic carbocycles. The maximum Gasteiger partial charge on any atom is 0.221 e. The van der Waals surface area contributed by atoms with E-state index in [1.54, 1.807) is 6.26 Å². The van der Waals surface area contributed by atoms with Crippen molar-refractivity contribution in [1.82, 2.24) is 10.2 Å². The Hall–Kier alpha value is -1.98. The second-order valence-corrected chi connectivity index (χ2v) is 6.35. The summed E-state index contributed by atoms with van der Waals surface area (Å²) in [5.74, 6) is 0.835. The van der Waals surface area contributed by atoms with E-state index < -0.39 is 0 Å². The second kappa shape index (κ2) is 8.22. The summed E-state index contributed by atoms with van der Waals surface area (Å²) in [5.41, 5.74) is 1.17. The molecule has 1 fully saturated rings. The van der Waals surface area contributed by atoms with Gasteiger partial charge in [0.1, 0.15) is 5.76 Å². The molecule has 6 heteroatoms. The smallest absolute Gasteiger partial charge is 0.221 e. The molecule has 24 heavy (non-hydrogen) atoms. The lowest BCUT2D eigenvalue weighted by atomic mass is 10.2. The molecule has 1 amide bonds. The highest BCUT2D eigenvalue weighted by molar-refractivity contribution is 6.30. The monoisotopic (exact) mass is 347 g/mol. The number of rotatable bonds is 6. The fourth-order valence-corrected chi connectivity index (χ4v) is 3.03. The lowest BCUT2D eigenvalue weighted by molar-refractivity contribution is -0.121. The molecule has 1 aliphatic rings. The molecule has 0 spiro atoms. The highest BCUT2D eigenvalue weighted by Crippen LogP contribution is 2.20. The summed E-state index contributed by atoms with van der Waals surface area (Å²) in [6.07, 6.45) is 2.12. The zero-order valence-electron chi connectivity index (χ0n) is 13.6. The average molecular weight is 348 g/mol. The number of carbonyl (C=O) groups excluding carboxylic acids is 1. The largest absolute Gasteiger partial charge is 0.467 e. The van der Waals surface area contributed by atoms with Gasteiger partial charge in [-0.25, -0.2) is 0 Å². The normalized spacial score (nSPS) is 15.5. The molecule has 1 aliphatic heterocycles. The van der Waals surface area contributed by atoms with Crippen LogP contribution in [0.2, 0.25) is 5.02 Å². The Morgan fingerprint density at radius 1 is 1.17 bits per heavy atom. The number of hydrogen-bond donors (Lipinski definition) is 1. The predicted molar refractivity (Wildman–Crippen MR) is 95.3 cm³/mol. The van der Waals surface area contributed by atoms with E-state index in [-0.39, 0.29) is 5.91 Å². The fraction of sp³-hybridized carbons (Fsp3) is 0.389. The zero-order chi connectivity index (χ0) is 16.8. The quantitative estimate of drug-likeness (QED) is 0.873. The van der Waals surface area contributed by atoms with Gasteiger partial charge in [0.25, 0.3) is 0 Å². The van der Waals surface area contributed by atoms with Crippen LogP contribution in [-0.4, -0.2) is 43.5 Å². The first-order valence-electron chi connectivity index (χ1n) is 8.23. The molecule has 5 nitrogen and oxygen atoms in total. The van der Waals surface area contributed by atoms with Gasteiger partial charge < -0.3 is 14.6 Å². The lowest BCUT2D eigenvalue weighted by Gasteiger charge is -2.36. The number of nitrogens with one attached hydrogen (secondary N) is 1. The average Bonchev–Trinajstić information content (AvgIpc) is 3.12. The van der Waals surface area contributed by atoms with Crippen LogP contribution in [0.1, 0.15) is 12.2 Å². The molecule has 0 saturated carbocycles. The second-order valence-electron chi connectivity index (χ2n) is 5.91. The van der Waals surface area contributed by atoms with Crippen molar-refractivity contribution in [1.29, 1.82) is 0 Å². The molecule has 1 N–H and O–H groups in total. The van der Waals surface area contributed by atoms with Crippen molar-refractivity contribution >= 4 is 23.2 Å². The number of furan rings is 1. The molecule has 1 aromatic heterocycles. The summed E-state index contributed by atoms with van der Waals surface area (Å²) in [5, 5.41) is 3.65. The van der Waals surface area contributed by atoms with Crippen LogP contribution in [-0.2, 0) is 11.3 Å². The van der Waals surface area contributed by atoms with Crippen molar-refractivity contribution in [3.05, 3.63) is 53.4 Å². The van der Waals surface area contributed by atoms with Crippen LogP contribution in [0, 0.1) is 0 Å². The Kier molecular flexibility index (Phi) is 5.77. The molecular weight excluding hydrogens is 326 g/mol. The van der Waals surface area contributed by atoms with Crippen LogP contribution < -0.4 is 10.2 Å². The summed E-state index contributed by atoms with van der Waals surface area (Å²) in [6, 6.07) is 11.6. The van der Waals surface area contributed by atoms with Crippen molar-refractivity contribution in [2.75, 3.05) is 37.6 Å². The first-order valence-corrected chi connectivity index (χ1v) is 8.60. The van der Waals surface area contributed by atoms with Crippen LogP contribution in [0.4, 0.5) is 5.69 Å². The van der Waals surface area contributed by atoms with E-state index in [1.165, 1.54) is 5.69 Å². The van der Waals surface area contributed by atoms with Gasteiger partial charge in [-0.05, 0) is 30.3 Å².